The third-order valence-corrected chi connectivity index (χ3v) is 5.54. The van der Waals surface area contributed by atoms with E-state index in [0.717, 1.165) is 37.5 Å². The second-order valence-corrected chi connectivity index (χ2v) is 7.63. The van der Waals surface area contributed by atoms with E-state index in [1.165, 1.54) is 5.56 Å². The van der Waals surface area contributed by atoms with E-state index in [1.54, 1.807) is 19.1 Å². The van der Waals surface area contributed by atoms with Crippen molar-refractivity contribution in [2.24, 2.45) is 0 Å². The number of carbonyl (C=O) groups is 1. The van der Waals surface area contributed by atoms with Crippen LogP contribution in [0.4, 0.5) is 0 Å². The molecular weight excluding hydrogens is 366 g/mol. The molecule has 0 aliphatic carbocycles. The molecule has 4 rings (SSSR count). The van der Waals surface area contributed by atoms with Gasteiger partial charge in [-0.2, -0.15) is 0 Å². The lowest BCUT2D eigenvalue weighted by atomic mass is 10.1. The fourth-order valence-electron chi connectivity index (χ4n) is 3.89. The molecule has 0 saturated carbocycles. The molecule has 3 heterocycles. The van der Waals surface area contributed by atoms with E-state index in [4.69, 9.17) is 4.74 Å². The fraction of sp³-hybridized carbons (Fsp3) is 0.409. The molecule has 1 aliphatic rings. The van der Waals surface area contributed by atoms with E-state index in [2.05, 4.69) is 39.4 Å². The number of benzene rings is 1. The van der Waals surface area contributed by atoms with Crippen LogP contribution in [-0.2, 0) is 11.3 Å². The summed E-state index contributed by atoms with van der Waals surface area (Å²) in [6.07, 6.45) is 2.91. The lowest BCUT2D eigenvalue weighted by molar-refractivity contribution is 0.0743. The van der Waals surface area contributed by atoms with Crippen molar-refractivity contribution in [3.8, 4) is 0 Å². The smallest absolute Gasteiger partial charge is 0.255 e. The number of fused-ring (bicyclic) bond motifs is 1. The van der Waals surface area contributed by atoms with Crippen LogP contribution in [-0.4, -0.2) is 70.7 Å². The van der Waals surface area contributed by atoms with E-state index in [0.29, 0.717) is 24.6 Å². The van der Waals surface area contributed by atoms with Gasteiger partial charge >= 0.3 is 0 Å². The normalized spacial score (nSPS) is 17.1. The molecule has 0 radical (unpaired) electrons. The quantitative estimate of drug-likeness (QED) is 0.617. The molecule has 0 N–H and O–H groups in total. The molecule has 0 spiro atoms. The highest BCUT2D eigenvalue weighted by atomic mass is 16.5. The lowest BCUT2D eigenvalue weighted by Gasteiger charge is -2.17. The van der Waals surface area contributed by atoms with Gasteiger partial charge in [-0.05, 0) is 30.7 Å². The van der Waals surface area contributed by atoms with Crippen LogP contribution >= 0.6 is 0 Å². The molecule has 29 heavy (non-hydrogen) atoms. The van der Waals surface area contributed by atoms with Gasteiger partial charge in [0.25, 0.3) is 5.91 Å². The molecular formula is C22H27N5O2. The number of rotatable bonds is 7. The Morgan fingerprint density at radius 3 is 2.83 bits per heavy atom. The van der Waals surface area contributed by atoms with Crippen molar-refractivity contribution in [2.75, 3.05) is 40.4 Å². The number of ether oxygens (including phenoxy) is 1. The summed E-state index contributed by atoms with van der Waals surface area (Å²) in [5, 5.41) is 8.77. The molecule has 1 fully saturated rings. The molecule has 7 heteroatoms. The Kier molecular flexibility index (Phi) is 5.87. The Labute approximate surface area is 170 Å². The summed E-state index contributed by atoms with van der Waals surface area (Å²) in [6, 6.07) is 14.2. The summed E-state index contributed by atoms with van der Waals surface area (Å²) in [4.78, 5) is 16.8. The third-order valence-electron chi connectivity index (χ3n) is 5.54. The van der Waals surface area contributed by atoms with Crippen molar-refractivity contribution in [1.29, 1.82) is 0 Å². The zero-order chi connectivity index (χ0) is 20.2. The second kappa shape index (κ2) is 8.71. The van der Waals surface area contributed by atoms with Gasteiger partial charge in [0, 0.05) is 45.9 Å². The number of pyridine rings is 1. The summed E-state index contributed by atoms with van der Waals surface area (Å²) in [7, 11) is 3.42. The average molecular weight is 393 g/mol. The Morgan fingerprint density at radius 2 is 2.03 bits per heavy atom. The first-order chi connectivity index (χ1) is 14.2. The minimum atomic E-state index is -0.0271. The van der Waals surface area contributed by atoms with Crippen molar-refractivity contribution >= 4 is 11.6 Å². The van der Waals surface area contributed by atoms with Crippen LogP contribution in [0.15, 0.2) is 48.7 Å². The van der Waals surface area contributed by atoms with E-state index >= 15 is 0 Å². The summed E-state index contributed by atoms with van der Waals surface area (Å²) < 4.78 is 7.05. The highest BCUT2D eigenvalue weighted by Crippen LogP contribution is 2.27. The molecule has 0 unspecified atom stereocenters. The fourth-order valence-corrected chi connectivity index (χ4v) is 3.89. The van der Waals surface area contributed by atoms with E-state index < -0.39 is 0 Å². The monoisotopic (exact) mass is 393 g/mol. The van der Waals surface area contributed by atoms with Gasteiger partial charge in [-0.1, -0.05) is 30.3 Å². The molecule has 7 nitrogen and oxygen atoms in total. The lowest BCUT2D eigenvalue weighted by Crippen LogP contribution is -2.30. The Balaban J connectivity index is 1.50. The Bertz CT molecular complexity index is 972. The Hall–Kier alpha value is -2.77. The molecule has 1 aliphatic heterocycles. The molecule has 152 valence electrons. The number of likely N-dealkylation sites (tertiary alicyclic amines) is 1. The zero-order valence-corrected chi connectivity index (χ0v) is 17.0. The van der Waals surface area contributed by atoms with Crippen molar-refractivity contribution in [1.82, 2.24) is 24.4 Å². The first kappa shape index (κ1) is 19.5. The summed E-state index contributed by atoms with van der Waals surface area (Å²) in [5.74, 6) is 1.22. The van der Waals surface area contributed by atoms with Crippen LogP contribution in [0.3, 0.4) is 0 Å². The van der Waals surface area contributed by atoms with Gasteiger partial charge in [0.05, 0.1) is 12.2 Å². The molecule has 1 amide bonds. The minimum Gasteiger partial charge on any atom is -0.383 e. The van der Waals surface area contributed by atoms with Crippen LogP contribution in [0, 0.1) is 0 Å². The second-order valence-electron chi connectivity index (χ2n) is 7.63. The van der Waals surface area contributed by atoms with Gasteiger partial charge in [0.15, 0.2) is 5.65 Å². The number of aromatic nitrogens is 3. The largest absolute Gasteiger partial charge is 0.383 e. The SMILES string of the molecule is COCCN(C)C(=O)c1ccc2nnc([C@@H]3CCN(Cc4ccccc4)C3)n2c1. The third kappa shape index (κ3) is 4.31. The topological polar surface area (TPSA) is 63.0 Å². The van der Waals surface area contributed by atoms with Gasteiger partial charge in [-0.3, -0.25) is 14.1 Å². The predicted octanol–water partition coefficient (Wildman–Crippen LogP) is 2.44. The van der Waals surface area contributed by atoms with Crippen LogP contribution < -0.4 is 0 Å². The molecule has 1 saturated heterocycles. The number of amides is 1. The van der Waals surface area contributed by atoms with Crippen LogP contribution in [0.5, 0.6) is 0 Å². The van der Waals surface area contributed by atoms with Gasteiger partial charge in [0.1, 0.15) is 5.82 Å². The van der Waals surface area contributed by atoms with Gasteiger partial charge in [-0.25, -0.2) is 0 Å². The minimum absolute atomic E-state index is 0.0271. The van der Waals surface area contributed by atoms with E-state index in [-0.39, 0.29) is 5.91 Å². The van der Waals surface area contributed by atoms with E-state index in [9.17, 15) is 4.79 Å². The number of carbonyl (C=O) groups excluding carboxylic acids is 1. The average Bonchev–Trinajstić information content (AvgIpc) is 3.38. The standard InChI is InChI=1S/C22H27N5O2/c1-25(12-13-29-2)22(28)19-8-9-20-23-24-21(27(20)16-19)18-10-11-26(15-18)14-17-6-4-3-5-7-17/h3-9,16,18H,10-15H2,1-2H3/t18-/m1/s1. The first-order valence-corrected chi connectivity index (χ1v) is 10.0. The number of methoxy groups -OCH3 is 1. The molecule has 2 aromatic heterocycles. The number of likely N-dealkylation sites (N-methyl/N-ethyl adjacent to an activating group) is 1. The van der Waals surface area contributed by atoms with Crippen LogP contribution in [0.1, 0.15) is 34.1 Å². The predicted molar refractivity (Wildman–Crippen MR) is 111 cm³/mol. The summed E-state index contributed by atoms with van der Waals surface area (Å²) in [6.45, 7) is 4.00. The van der Waals surface area contributed by atoms with Gasteiger partial charge in [-0.15, -0.1) is 10.2 Å². The number of hydrogen-bond donors (Lipinski definition) is 0. The maximum atomic E-state index is 12.7. The van der Waals surface area contributed by atoms with Crippen molar-refractivity contribution in [3.63, 3.8) is 0 Å². The Morgan fingerprint density at radius 1 is 1.21 bits per heavy atom. The van der Waals surface area contributed by atoms with Crippen molar-refractivity contribution in [3.05, 3.63) is 65.6 Å². The maximum absolute atomic E-state index is 12.7. The van der Waals surface area contributed by atoms with Crippen molar-refractivity contribution in [2.45, 2.75) is 18.9 Å². The van der Waals surface area contributed by atoms with Crippen LogP contribution in [0.2, 0.25) is 0 Å². The highest BCUT2D eigenvalue weighted by Gasteiger charge is 2.28. The highest BCUT2D eigenvalue weighted by molar-refractivity contribution is 5.94. The van der Waals surface area contributed by atoms with E-state index in [1.807, 2.05) is 28.8 Å². The molecule has 1 atom stereocenters. The zero-order valence-electron chi connectivity index (χ0n) is 17.0. The van der Waals surface area contributed by atoms with Crippen molar-refractivity contribution < 1.29 is 9.53 Å². The van der Waals surface area contributed by atoms with Crippen LogP contribution in [0.25, 0.3) is 5.65 Å². The molecule has 1 aromatic carbocycles. The molecule has 3 aromatic rings. The number of hydrogen-bond acceptors (Lipinski definition) is 5. The van der Waals surface area contributed by atoms with Gasteiger partial charge in [0.2, 0.25) is 0 Å². The first-order valence-electron chi connectivity index (χ1n) is 10.0. The number of nitrogens with zero attached hydrogens (tertiary/aromatic N) is 5. The van der Waals surface area contributed by atoms with Gasteiger partial charge < -0.3 is 9.64 Å². The summed E-state index contributed by atoms with van der Waals surface area (Å²) in [5.41, 5.74) is 2.74. The maximum Gasteiger partial charge on any atom is 0.255 e. The molecule has 0 bridgehead atoms. The summed E-state index contributed by atoms with van der Waals surface area (Å²) >= 11 is 0.